The van der Waals surface area contributed by atoms with Gasteiger partial charge in [-0.15, -0.1) is 0 Å². The van der Waals surface area contributed by atoms with Crippen molar-refractivity contribution in [1.82, 2.24) is 20.0 Å². The highest BCUT2D eigenvalue weighted by Crippen LogP contribution is 2.22. The smallest absolute Gasteiger partial charge is 0.293 e. The first kappa shape index (κ1) is 25.6. The van der Waals surface area contributed by atoms with Gasteiger partial charge in [-0.3, -0.25) is 24.0 Å². The molecule has 10 nitrogen and oxygen atoms in total. The Labute approximate surface area is 189 Å². The Morgan fingerprint density at radius 2 is 1.72 bits per heavy atom. The van der Waals surface area contributed by atoms with E-state index in [1.165, 1.54) is 16.8 Å². The van der Waals surface area contributed by atoms with Crippen LogP contribution in [0.4, 0.5) is 0 Å². The zero-order valence-electron chi connectivity index (χ0n) is 19.7. The van der Waals surface area contributed by atoms with Crippen LogP contribution >= 0.6 is 0 Å². The van der Waals surface area contributed by atoms with E-state index in [1.807, 2.05) is 6.92 Å². The van der Waals surface area contributed by atoms with Crippen molar-refractivity contribution in [2.75, 3.05) is 20.1 Å². The summed E-state index contributed by atoms with van der Waals surface area (Å²) >= 11 is 0. The van der Waals surface area contributed by atoms with Gasteiger partial charge in [0.25, 0.3) is 6.47 Å². The summed E-state index contributed by atoms with van der Waals surface area (Å²) in [7, 11) is 1.53. The highest BCUT2D eigenvalue weighted by atomic mass is 16.5. The molecule has 5 unspecified atom stereocenters. The second-order valence-corrected chi connectivity index (χ2v) is 8.87. The molecule has 0 aliphatic carbocycles. The molecule has 0 aromatic heterocycles. The average molecular weight is 453 g/mol. The summed E-state index contributed by atoms with van der Waals surface area (Å²) in [5, 5.41) is 2.72. The number of nitrogens with zero attached hydrogens (tertiary/aromatic N) is 3. The molecule has 0 radical (unpaired) electrons. The van der Waals surface area contributed by atoms with E-state index in [0.717, 1.165) is 12.8 Å². The molecule has 4 amide bonds. The molecule has 2 aliphatic heterocycles. The number of carbonyl (C=O) groups excluding carboxylic acids is 5. The molecule has 2 saturated heterocycles. The van der Waals surface area contributed by atoms with Crippen molar-refractivity contribution in [3.05, 3.63) is 0 Å². The van der Waals surface area contributed by atoms with E-state index in [4.69, 9.17) is 4.74 Å². The summed E-state index contributed by atoms with van der Waals surface area (Å²) in [4.78, 5) is 66.1. The van der Waals surface area contributed by atoms with Gasteiger partial charge in [0, 0.05) is 26.2 Å². The molecule has 10 heteroatoms. The van der Waals surface area contributed by atoms with Crippen molar-refractivity contribution < 1.29 is 28.7 Å². The van der Waals surface area contributed by atoms with Crippen molar-refractivity contribution in [2.45, 2.75) is 90.1 Å². The number of carbonyl (C=O) groups is 5. The number of likely N-dealkylation sites (N-methyl/N-ethyl adjacent to an activating group) is 1. The maximum Gasteiger partial charge on any atom is 0.293 e. The normalized spacial score (nSPS) is 23.3. The van der Waals surface area contributed by atoms with Crippen LogP contribution in [0.2, 0.25) is 0 Å². The standard InChI is InChI=1S/C22H36N4O6/c1-14-8-6-10-25(14)21(30)16(3)23-20(29)17(4)24(5)22(31)18-9-7-11-26(18)19(28)12-15(2)32-13-27/h13-18H,6-12H2,1-5H3,(H,23,29). The number of hydrogen-bond acceptors (Lipinski definition) is 6. The highest BCUT2D eigenvalue weighted by molar-refractivity contribution is 5.94. The monoisotopic (exact) mass is 452 g/mol. The molecule has 180 valence electrons. The van der Waals surface area contributed by atoms with E-state index in [-0.39, 0.29) is 30.2 Å². The first-order valence-corrected chi connectivity index (χ1v) is 11.3. The minimum absolute atomic E-state index is 0.00315. The molecule has 0 aromatic rings. The summed E-state index contributed by atoms with van der Waals surface area (Å²) in [5.41, 5.74) is 0. The lowest BCUT2D eigenvalue weighted by atomic mass is 10.1. The van der Waals surface area contributed by atoms with Gasteiger partial charge in [-0.25, -0.2) is 0 Å². The Morgan fingerprint density at radius 1 is 1.09 bits per heavy atom. The fraction of sp³-hybridized carbons (Fsp3) is 0.773. The number of rotatable bonds is 9. The minimum atomic E-state index is -0.802. The predicted octanol–water partition coefficient (Wildman–Crippen LogP) is 0.292. The highest BCUT2D eigenvalue weighted by Gasteiger charge is 2.38. The van der Waals surface area contributed by atoms with Gasteiger partial charge in [-0.1, -0.05) is 0 Å². The molecule has 0 bridgehead atoms. The minimum Gasteiger partial charge on any atom is -0.464 e. The molecule has 5 atom stereocenters. The van der Waals surface area contributed by atoms with Crippen LogP contribution in [0.25, 0.3) is 0 Å². The third-order valence-electron chi connectivity index (χ3n) is 6.48. The van der Waals surface area contributed by atoms with Crippen LogP contribution in [0.1, 0.15) is 59.8 Å². The van der Waals surface area contributed by atoms with Crippen LogP contribution in [0.5, 0.6) is 0 Å². The molecule has 0 saturated carbocycles. The van der Waals surface area contributed by atoms with Crippen molar-refractivity contribution in [3.8, 4) is 0 Å². The maximum absolute atomic E-state index is 13.1. The zero-order chi connectivity index (χ0) is 24.0. The van der Waals surface area contributed by atoms with Crippen LogP contribution in [0.3, 0.4) is 0 Å². The van der Waals surface area contributed by atoms with Crippen LogP contribution in [-0.4, -0.2) is 95.2 Å². The van der Waals surface area contributed by atoms with E-state index >= 15 is 0 Å². The van der Waals surface area contributed by atoms with Gasteiger partial charge in [0.2, 0.25) is 23.6 Å². The Bertz CT molecular complexity index is 729. The Kier molecular flexibility index (Phi) is 9.03. The van der Waals surface area contributed by atoms with Crippen molar-refractivity contribution in [1.29, 1.82) is 0 Å². The van der Waals surface area contributed by atoms with Gasteiger partial charge < -0.3 is 24.8 Å². The van der Waals surface area contributed by atoms with Gasteiger partial charge in [-0.2, -0.15) is 0 Å². The van der Waals surface area contributed by atoms with Gasteiger partial charge in [0.15, 0.2) is 0 Å². The number of amides is 4. The van der Waals surface area contributed by atoms with E-state index in [9.17, 15) is 24.0 Å². The lowest BCUT2D eigenvalue weighted by Gasteiger charge is -2.32. The molecular weight excluding hydrogens is 416 g/mol. The molecule has 32 heavy (non-hydrogen) atoms. The summed E-state index contributed by atoms with van der Waals surface area (Å²) in [5.74, 6) is -1.13. The van der Waals surface area contributed by atoms with Crippen LogP contribution in [0, 0.1) is 0 Å². The van der Waals surface area contributed by atoms with Crippen molar-refractivity contribution in [2.24, 2.45) is 0 Å². The Morgan fingerprint density at radius 3 is 2.31 bits per heavy atom. The summed E-state index contributed by atoms with van der Waals surface area (Å²) in [6, 6.07) is -1.98. The van der Waals surface area contributed by atoms with E-state index in [1.54, 1.807) is 25.7 Å². The number of likely N-dealkylation sites (tertiary alicyclic amines) is 2. The fourth-order valence-electron chi connectivity index (χ4n) is 4.34. The number of nitrogens with one attached hydrogen (secondary N) is 1. The van der Waals surface area contributed by atoms with E-state index in [0.29, 0.717) is 32.4 Å². The van der Waals surface area contributed by atoms with Crippen LogP contribution < -0.4 is 5.32 Å². The zero-order valence-corrected chi connectivity index (χ0v) is 19.7. The Balaban J connectivity index is 1.95. The van der Waals surface area contributed by atoms with Gasteiger partial charge in [0.1, 0.15) is 24.2 Å². The SMILES string of the molecule is CC(CC(=O)N1CCCC1C(=O)N(C)C(C)C(=O)NC(C)C(=O)N1CCCC1C)OC=O. The molecular formula is C22H36N4O6. The Hall–Kier alpha value is -2.65. The van der Waals surface area contributed by atoms with Gasteiger partial charge in [0.05, 0.1) is 6.42 Å². The lowest BCUT2D eigenvalue weighted by Crippen LogP contribution is -2.55. The number of hydrogen-bond donors (Lipinski definition) is 1. The number of ether oxygens (including phenoxy) is 1. The maximum atomic E-state index is 13.1. The largest absolute Gasteiger partial charge is 0.464 e. The summed E-state index contributed by atoms with van der Waals surface area (Å²) in [6.45, 7) is 8.30. The van der Waals surface area contributed by atoms with E-state index < -0.39 is 30.1 Å². The third-order valence-corrected chi connectivity index (χ3v) is 6.48. The molecule has 0 spiro atoms. The second kappa shape index (κ2) is 11.3. The topological polar surface area (TPSA) is 116 Å². The molecule has 2 rings (SSSR count). The second-order valence-electron chi connectivity index (χ2n) is 8.87. The molecule has 1 N–H and O–H groups in total. The van der Waals surface area contributed by atoms with Gasteiger partial charge >= 0.3 is 0 Å². The first-order chi connectivity index (χ1) is 15.1. The average Bonchev–Trinajstić information content (AvgIpc) is 3.40. The molecule has 2 aliphatic rings. The lowest BCUT2D eigenvalue weighted by molar-refractivity contribution is -0.148. The quantitative estimate of drug-likeness (QED) is 0.503. The van der Waals surface area contributed by atoms with Crippen LogP contribution in [0.15, 0.2) is 0 Å². The van der Waals surface area contributed by atoms with Crippen LogP contribution in [-0.2, 0) is 28.7 Å². The third kappa shape index (κ3) is 5.98. The van der Waals surface area contributed by atoms with E-state index in [2.05, 4.69) is 5.32 Å². The summed E-state index contributed by atoms with van der Waals surface area (Å²) < 4.78 is 4.78. The van der Waals surface area contributed by atoms with Crippen molar-refractivity contribution >= 4 is 30.1 Å². The first-order valence-electron chi connectivity index (χ1n) is 11.3. The molecule has 0 aromatic carbocycles. The van der Waals surface area contributed by atoms with Crippen molar-refractivity contribution in [3.63, 3.8) is 0 Å². The predicted molar refractivity (Wildman–Crippen MR) is 116 cm³/mol. The molecule has 2 heterocycles. The molecule has 2 fully saturated rings. The summed E-state index contributed by atoms with van der Waals surface area (Å²) in [6.07, 6.45) is 2.52. The van der Waals surface area contributed by atoms with Gasteiger partial charge in [-0.05, 0) is 53.4 Å². The fourth-order valence-corrected chi connectivity index (χ4v) is 4.34.